The molecule has 1 aromatic carbocycles. The van der Waals surface area contributed by atoms with Crippen LogP contribution in [0.25, 0.3) is 32.3 Å². The third kappa shape index (κ3) is 3.07. The van der Waals surface area contributed by atoms with Crippen LogP contribution in [0.15, 0.2) is 41.9 Å². The third-order valence-corrected chi connectivity index (χ3v) is 7.66. The Morgan fingerprint density at radius 1 is 1.15 bits per heavy atom. The molecule has 5 heterocycles. The lowest BCUT2D eigenvalue weighted by atomic mass is 9.89. The SMILES string of the molecule is CC([C@H]1CCNC[C@H]1F)n1nc(C2=C(c3c[nH]c4sccc34)C(=O)NC2=O)c2ccccc21. The maximum Gasteiger partial charge on any atom is 0.261 e. The number of amides is 2. The van der Waals surface area contributed by atoms with Gasteiger partial charge in [-0.2, -0.15) is 5.10 Å². The fourth-order valence-electron chi connectivity index (χ4n) is 5.14. The highest BCUT2D eigenvalue weighted by Crippen LogP contribution is 2.39. The maximum atomic E-state index is 14.7. The summed E-state index contributed by atoms with van der Waals surface area (Å²) in [4.78, 5) is 30.1. The van der Waals surface area contributed by atoms with Gasteiger partial charge in [0.05, 0.1) is 22.7 Å². The number of hydrogen-bond acceptors (Lipinski definition) is 5. The molecule has 33 heavy (non-hydrogen) atoms. The summed E-state index contributed by atoms with van der Waals surface area (Å²) in [5.41, 5.74) is 2.52. The average Bonchev–Trinajstić information content (AvgIpc) is 3.56. The molecule has 3 N–H and O–H groups in total. The van der Waals surface area contributed by atoms with E-state index in [1.165, 1.54) is 11.3 Å². The lowest BCUT2D eigenvalue weighted by molar-refractivity contribution is -0.122. The third-order valence-electron chi connectivity index (χ3n) is 6.82. The topological polar surface area (TPSA) is 91.8 Å². The standard InChI is InChI=1S/C24H22FN5O2S/c1-12(13-6-8-26-11-17(13)25)30-18-5-3-2-4-15(18)21(29-30)20-19(22(31)28-23(20)32)16-10-27-24-14(16)7-9-33-24/h2-5,7,9-10,12-13,17,26-27H,6,8,11H2,1H3,(H,28,31,32)/t12?,13-,17-/m1/s1. The number of aromatic amines is 1. The average molecular weight is 464 g/mol. The number of fused-ring (bicyclic) bond motifs is 2. The van der Waals surface area contributed by atoms with Gasteiger partial charge in [-0.1, -0.05) is 18.2 Å². The smallest absolute Gasteiger partial charge is 0.261 e. The fourth-order valence-corrected chi connectivity index (χ4v) is 5.92. The van der Waals surface area contributed by atoms with E-state index in [1.807, 2.05) is 47.3 Å². The molecular formula is C24H22FN5O2S. The number of H-pyrrole nitrogens is 1. The number of piperidine rings is 1. The molecule has 0 aliphatic carbocycles. The highest BCUT2D eigenvalue weighted by atomic mass is 32.1. The van der Waals surface area contributed by atoms with Crippen molar-refractivity contribution < 1.29 is 14.0 Å². The molecule has 2 aliphatic rings. The Balaban J connectivity index is 1.56. The number of para-hydroxylation sites is 1. The maximum absolute atomic E-state index is 14.7. The van der Waals surface area contributed by atoms with Crippen LogP contribution in [0.1, 0.15) is 30.6 Å². The second kappa shape index (κ2) is 7.64. The van der Waals surface area contributed by atoms with E-state index in [9.17, 15) is 14.0 Å². The number of alkyl halides is 1. The molecule has 0 spiro atoms. The van der Waals surface area contributed by atoms with Crippen LogP contribution < -0.4 is 10.6 Å². The van der Waals surface area contributed by atoms with Crippen molar-refractivity contribution in [2.75, 3.05) is 13.1 Å². The Labute approximate surface area is 192 Å². The van der Waals surface area contributed by atoms with E-state index < -0.39 is 18.0 Å². The molecule has 3 atom stereocenters. The highest BCUT2D eigenvalue weighted by molar-refractivity contribution is 7.16. The molecule has 2 amide bonds. The number of nitrogens with one attached hydrogen (secondary N) is 3. The zero-order valence-electron chi connectivity index (χ0n) is 17.9. The van der Waals surface area contributed by atoms with Crippen molar-refractivity contribution in [2.24, 2.45) is 5.92 Å². The van der Waals surface area contributed by atoms with Gasteiger partial charge >= 0.3 is 0 Å². The molecule has 168 valence electrons. The van der Waals surface area contributed by atoms with Crippen molar-refractivity contribution in [2.45, 2.75) is 25.6 Å². The van der Waals surface area contributed by atoms with Gasteiger partial charge < -0.3 is 10.3 Å². The van der Waals surface area contributed by atoms with Gasteiger partial charge in [0, 0.05) is 35.0 Å². The lowest BCUT2D eigenvalue weighted by Crippen LogP contribution is -2.41. The van der Waals surface area contributed by atoms with E-state index in [1.54, 1.807) is 6.20 Å². The van der Waals surface area contributed by atoms with Gasteiger partial charge in [-0.15, -0.1) is 11.3 Å². The molecule has 0 radical (unpaired) electrons. The van der Waals surface area contributed by atoms with E-state index in [0.29, 0.717) is 29.8 Å². The van der Waals surface area contributed by atoms with Crippen molar-refractivity contribution in [3.8, 4) is 0 Å². The van der Waals surface area contributed by atoms with Crippen LogP contribution in [0.4, 0.5) is 4.39 Å². The van der Waals surface area contributed by atoms with Crippen molar-refractivity contribution in [3.63, 3.8) is 0 Å². The van der Waals surface area contributed by atoms with Gasteiger partial charge in [0.25, 0.3) is 11.8 Å². The number of carbonyl (C=O) groups excluding carboxylic acids is 2. The van der Waals surface area contributed by atoms with Crippen molar-refractivity contribution in [3.05, 3.63) is 53.2 Å². The molecule has 7 nitrogen and oxygen atoms in total. The summed E-state index contributed by atoms with van der Waals surface area (Å²) in [5.74, 6) is -1.09. The summed E-state index contributed by atoms with van der Waals surface area (Å²) >= 11 is 1.54. The molecule has 1 unspecified atom stereocenters. The van der Waals surface area contributed by atoms with Crippen LogP contribution in [0.2, 0.25) is 0 Å². The van der Waals surface area contributed by atoms with Gasteiger partial charge in [0.15, 0.2) is 0 Å². The van der Waals surface area contributed by atoms with Crippen LogP contribution in [0.3, 0.4) is 0 Å². The molecule has 1 fully saturated rings. The van der Waals surface area contributed by atoms with Crippen LogP contribution >= 0.6 is 11.3 Å². The van der Waals surface area contributed by atoms with Crippen LogP contribution in [-0.2, 0) is 9.59 Å². The first-order valence-electron chi connectivity index (χ1n) is 11.0. The quantitative estimate of drug-likeness (QED) is 0.403. The van der Waals surface area contributed by atoms with Crippen molar-refractivity contribution in [1.29, 1.82) is 0 Å². The number of carbonyl (C=O) groups is 2. The normalized spacial score (nSPS) is 22.5. The Kier molecular flexibility index (Phi) is 4.70. The fraction of sp³-hybridized carbons (Fsp3) is 0.292. The van der Waals surface area contributed by atoms with Crippen molar-refractivity contribution >= 4 is 55.4 Å². The van der Waals surface area contributed by atoms with Gasteiger partial charge in [0.1, 0.15) is 16.7 Å². The van der Waals surface area contributed by atoms with E-state index in [-0.39, 0.29) is 17.5 Å². The first-order valence-corrected chi connectivity index (χ1v) is 11.9. The molecular weight excluding hydrogens is 441 g/mol. The van der Waals surface area contributed by atoms with Gasteiger partial charge in [-0.05, 0) is 37.4 Å². The Morgan fingerprint density at radius 3 is 2.82 bits per heavy atom. The Bertz CT molecular complexity index is 1450. The molecule has 4 aromatic rings. The summed E-state index contributed by atoms with van der Waals surface area (Å²) in [6.07, 6.45) is 1.50. The van der Waals surface area contributed by atoms with Gasteiger partial charge in [0.2, 0.25) is 0 Å². The minimum atomic E-state index is -0.974. The Hall–Kier alpha value is -3.30. The number of nitrogens with zero attached hydrogens (tertiary/aromatic N) is 2. The van der Waals surface area contributed by atoms with Gasteiger partial charge in [-0.3, -0.25) is 19.6 Å². The molecule has 0 bridgehead atoms. The number of halogens is 1. The number of benzene rings is 1. The molecule has 3 aromatic heterocycles. The number of aromatic nitrogens is 3. The summed E-state index contributed by atoms with van der Waals surface area (Å²) in [7, 11) is 0. The van der Waals surface area contributed by atoms with E-state index in [0.717, 1.165) is 27.7 Å². The van der Waals surface area contributed by atoms with E-state index in [2.05, 4.69) is 15.6 Å². The minimum Gasteiger partial charge on any atom is -0.352 e. The van der Waals surface area contributed by atoms with Crippen LogP contribution in [0, 0.1) is 5.92 Å². The summed E-state index contributed by atoms with van der Waals surface area (Å²) in [6, 6.07) is 9.34. The summed E-state index contributed by atoms with van der Waals surface area (Å²) < 4.78 is 16.6. The van der Waals surface area contributed by atoms with Gasteiger partial charge in [-0.25, -0.2) is 4.39 Å². The number of thiophene rings is 1. The second-order valence-corrected chi connectivity index (χ2v) is 9.54. The molecule has 2 aliphatic heterocycles. The van der Waals surface area contributed by atoms with E-state index >= 15 is 0 Å². The minimum absolute atomic E-state index is 0.190. The van der Waals surface area contributed by atoms with Crippen LogP contribution in [0.5, 0.6) is 0 Å². The Morgan fingerprint density at radius 2 is 1.97 bits per heavy atom. The molecule has 6 rings (SSSR count). The predicted molar refractivity (Wildman–Crippen MR) is 126 cm³/mol. The first-order chi connectivity index (χ1) is 16.0. The van der Waals surface area contributed by atoms with Crippen molar-refractivity contribution in [1.82, 2.24) is 25.4 Å². The largest absolute Gasteiger partial charge is 0.352 e. The zero-order chi connectivity index (χ0) is 22.7. The summed E-state index contributed by atoms with van der Waals surface area (Å²) in [6.45, 7) is 3.07. The lowest BCUT2D eigenvalue weighted by Gasteiger charge is -2.31. The monoisotopic (exact) mass is 463 g/mol. The predicted octanol–water partition coefficient (Wildman–Crippen LogP) is 3.65. The highest BCUT2D eigenvalue weighted by Gasteiger charge is 2.37. The van der Waals surface area contributed by atoms with Crippen LogP contribution in [-0.4, -0.2) is 45.8 Å². The molecule has 1 saturated heterocycles. The summed E-state index contributed by atoms with van der Waals surface area (Å²) in [5, 5.41) is 14.0. The first kappa shape index (κ1) is 20.3. The zero-order valence-corrected chi connectivity index (χ0v) is 18.7. The number of rotatable bonds is 4. The molecule has 0 saturated carbocycles. The number of imide groups is 1. The molecule has 9 heteroatoms. The second-order valence-electron chi connectivity index (χ2n) is 8.62. The van der Waals surface area contributed by atoms with E-state index in [4.69, 9.17) is 5.10 Å². The number of hydrogen-bond donors (Lipinski definition) is 3.